The smallest absolute Gasteiger partial charge is 0.261 e. The molecule has 0 radical (unpaired) electrons. The molecule has 3 aromatic rings. The zero-order valence-electron chi connectivity index (χ0n) is 21.2. The summed E-state index contributed by atoms with van der Waals surface area (Å²) < 4.78 is 13.6. The first-order valence-electron chi connectivity index (χ1n) is 13.1. The van der Waals surface area contributed by atoms with Gasteiger partial charge in [-0.15, -0.1) is 0 Å². The van der Waals surface area contributed by atoms with E-state index in [9.17, 15) is 4.79 Å². The van der Waals surface area contributed by atoms with Gasteiger partial charge in [0.25, 0.3) is 5.56 Å². The molecule has 6 nitrogen and oxygen atoms in total. The molecule has 1 atom stereocenters. The molecule has 5 rings (SSSR count). The van der Waals surface area contributed by atoms with Gasteiger partial charge in [0.1, 0.15) is 17.7 Å². The SMILES string of the molecule is Cc1ccccc1-c1nc2ccc(OC3CCOCC3)cc2c(=O)n1CC1CCCN(C(C)C)C1. The zero-order chi connectivity index (χ0) is 24.4. The normalized spacial score (nSPS) is 19.9. The lowest BCUT2D eigenvalue weighted by Crippen LogP contribution is -2.42. The molecule has 0 amide bonds. The maximum absolute atomic E-state index is 14.0. The highest BCUT2D eigenvalue weighted by Crippen LogP contribution is 2.28. The Labute approximate surface area is 207 Å². The van der Waals surface area contributed by atoms with Crippen molar-refractivity contribution in [3.05, 3.63) is 58.4 Å². The summed E-state index contributed by atoms with van der Waals surface area (Å²) in [6.07, 6.45) is 4.18. The predicted molar refractivity (Wildman–Crippen MR) is 140 cm³/mol. The number of aryl methyl sites for hydroxylation is 1. The first kappa shape index (κ1) is 24.0. The number of nitrogens with zero attached hydrogens (tertiary/aromatic N) is 3. The second-order valence-corrected chi connectivity index (χ2v) is 10.4. The minimum atomic E-state index is 0.0207. The van der Waals surface area contributed by atoms with Gasteiger partial charge in [-0.2, -0.15) is 0 Å². The van der Waals surface area contributed by atoms with Crippen molar-refractivity contribution in [2.75, 3.05) is 26.3 Å². The van der Waals surface area contributed by atoms with Crippen molar-refractivity contribution in [3.63, 3.8) is 0 Å². The third kappa shape index (κ3) is 5.29. The Balaban J connectivity index is 1.55. The van der Waals surface area contributed by atoms with Gasteiger partial charge in [0.05, 0.1) is 24.1 Å². The molecule has 1 unspecified atom stereocenters. The highest BCUT2D eigenvalue weighted by molar-refractivity contribution is 5.81. The van der Waals surface area contributed by atoms with Crippen molar-refractivity contribution in [1.82, 2.24) is 14.5 Å². The van der Waals surface area contributed by atoms with Crippen LogP contribution < -0.4 is 10.3 Å². The number of likely N-dealkylation sites (tertiary alicyclic amines) is 1. The molecule has 35 heavy (non-hydrogen) atoms. The minimum absolute atomic E-state index is 0.0207. The highest BCUT2D eigenvalue weighted by atomic mass is 16.5. The summed E-state index contributed by atoms with van der Waals surface area (Å²) in [6.45, 7) is 10.9. The van der Waals surface area contributed by atoms with E-state index in [1.54, 1.807) is 0 Å². The molecule has 2 fully saturated rings. The zero-order valence-corrected chi connectivity index (χ0v) is 21.2. The van der Waals surface area contributed by atoms with Crippen molar-refractivity contribution < 1.29 is 9.47 Å². The molecule has 0 spiro atoms. The molecule has 0 N–H and O–H groups in total. The number of piperidine rings is 1. The van der Waals surface area contributed by atoms with Crippen LogP contribution in [-0.2, 0) is 11.3 Å². The van der Waals surface area contributed by atoms with Crippen LogP contribution in [0.1, 0.15) is 45.1 Å². The first-order chi connectivity index (χ1) is 17.0. The van der Waals surface area contributed by atoms with Gasteiger partial charge in [-0.3, -0.25) is 9.36 Å². The van der Waals surface area contributed by atoms with E-state index in [0.717, 1.165) is 73.8 Å². The van der Waals surface area contributed by atoms with E-state index in [-0.39, 0.29) is 11.7 Å². The van der Waals surface area contributed by atoms with Crippen molar-refractivity contribution in [2.24, 2.45) is 5.92 Å². The average Bonchev–Trinajstić information content (AvgIpc) is 2.87. The van der Waals surface area contributed by atoms with Crippen LogP contribution >= 0.6 is 0 Å². The summed E-state index contributed by atoms with van der Waals surface area (Å²) in [4.78, 5) is 21.6. The van der Waals surface area contributed by atoms with Gasteiger partial charge in [0.15, 0.2) is 0 Å². The molecular weight excluding hydrogens is 438 g/mol. The molecule has 0 bridgehead atoms. The molecule has 186 valence electrons. The van der Waals surface area contributed by atoms with Gasteiger partial charge in [-0.1, -0.05) is 24.3 Å². The largest absolute Gasteiger partial charge is 0.490 e. The van der Waals surface area contributed by atoms with Crippen molar-refractivity contribution in [3.8, 4) is 17.1 Å². The Bertz CT molecular complexity index is 1230. The first-order valence-corrected chi connectivity index (χ1v) is 13.1. The summed E-state index contributed by atoms with van der Waals surface area (Å²) in [7, 11) is 0. The van der Waals surface area contributed by atoms with E-state index in [1.165, 1.54) is 6.42 Å². The van der Waals surface area contributed by atoms with E-state index in [1.807, 2.05) is 34.9 Å². The van der Waals surface area contributed by atoms with Gasteiger partial charge in [-0.25, -0.2) is 4.98 Å². The average molecular weight is 476 g/mol. The number of ether oxygens (including phenoxy) is 2. The highest BCUT2D eigenvalue weighted by Gasteiger charge is 2.25. The third-order valence-corrected chi connectivity index (χ3v) is 7.50. The van der Waals surface area contributed by atoms with Crippen LogP contribution in [0.25, 0.3) is 22.3 Å². The number of aromatic nitrogens is 2. The molecule has 2 aliphatic heterocycles. The maximum Gasteiger partial charge on any atom is 0.261 e. The van der Waals surface area contributed by atoms with Crippen LogP contribution in [0.2, 0.25) is 0 Å². The summed E-state index contributed by atoms with van der Waals surface area (Å²) >= 11 is 0. The van der Waals surface area contributed by atoms with Gasteiger partial charge in [0.2, 0.25) is 0 Å². The number of fused-ring (bicyclic) bond motifs is 1. The lowest BCUT2D eigenvalue weighted by molar-refractivity contribution is 0.0256. The van der Waals surface area contributed by atoms with Crippen LogP contribution in [0, 0.1) is 12.8 Å². The van der Waals surface area contributed by atoms with Crippen molar-refractivity contribution >= 4 is 10.9 Å². The minimum Gasteiger partial charge on any atom is -0.490 e. The lowest BCUT2D eigenvalue weighted by Gasteiger charge is -2.36. The Morgan fingerprint density at radius 3 is 2.69 bits per heavy atom. The quantitative estimate of drug-likeness (QED) is 0.499. The molecule has 6 heteroatoms. The van der Waals surface area contributed by atoms with E-state index in [2.05, 4.69) is 37.8 Å². The van der Waals surface area contributed by atoms with E-state index < -0.39 is 0 Å². The van der Waals surface area contributed by atoms with Gasteiger partial charge >= 0.3 is 0 Å². The lowest BCUT2D eigenvalue weighted by atomic mass is 9.96. The monoisotopic (exact) mass is 475 g/mol. The molecule has 1 aromatic heterocycles. The van der Waals surface area contributed by atoms with Crippen molar-refractivity contribution in [2.45, 2.75) is 65.1 Å². The topological polar surface area (TPSA) is 56.6 Å². The fourth-order valence-corrected chi connectivity index (χ4v) is 5.43. The molecule has 2 saturated heterocycles. The van der Waals surface area contributed by atoms with E-state index >= 15 is 0 Å². The second kappa shape index (κ2) is 10.5. The maximum atomic E-state index is 14.0. The van der Waals surface area contributed by atoms with E-state index in [4.69, 9.17) is 14.5 Å². The molecule has 0 saturated carbocycles. The van der Waals surface area contributed by atoms with Crippen LogP contribution in [-0.4, -0.2) is 52.9 Å². The molecular formula is C29H37N3O3. The van der Waals surface area contributed by atoms with Crippen molar-refractivity contribution in [1.29, 1.82) is 0 Å². The summed E-state index contributed by atoms with van der Waals surface area (Å²) in [5.41, 5.74) is 2.88. The fourth-order valence-electron chi connectivity index (χ4n) is 5.43. The number of benzene rings is 2. The van der Waals surface area contributed by atoms with Crippen LogP contribution in [0.15, 0.2) is 47.3 Å². The Morgan fingerprint density at radius 2 is 1.91 bits per heavy atom. The van der Waals surface area contributed by atoms with Gasteiger partial charge in [0, 0.05) is 37.5 Å². The Morgan fingerprint density at radius 1 is 1.11 bits per heavy atom. The number of hydrogen-bond donors (Lipinski definition) is 0. The molecule has 2 aromatic carbocycles. The molecule has 0 aliphatic carbocycles. The van der Waals surface area contributed by atoms with Crippen LogP contribution in [0.3, 0.4) is 0 Å². The van der Waals surface area contributed by atoms with Crippen LogP contribution in [0.4, 0.5) is 0 Å². The standard InChI is InChI=1S/C29H37N3O3/c1-20(2)31-14-6-8-22(18-31)19-32-28(25-9-5-4-7-21(25)3)30-27-11-10-24(17-26(27)29(32)33)35-23-12-15-34-16-13-23/h4-5,7,9-11,17,20,22-23H,6,8,12-16,18-19H2,1-3H3. The molecule has 2 aliphatic rings. The Hall–Kier alpha value is -2.70. The number of hydrogen-bond acceptors (Lipinski definition) is 5. The fraction of sp³-hybridized carbons (Fsp3) is 0.517. The number of rotatable bonds is 6. The second-order valence-electron chi connectivity index (χ2n) is 10.4. The summed E-state index contributed by atoms with van der Waals surface area (Å²) in [5.74, 6) is 1.93. The molecule has 3 heterocycles. The van der Waals surface area contributed by atoms with Gasteiger partial charge < -0.3 is 14.4 Å². The predicted octanol–water partition coefficient (Wildman–Crippen LogP) is 5.05. The van der Waals surface area contributed by atoms with Gasteiger partial charge in [-0.05, 0) is 69.8 Å². The third-order valence-electron chi connectivity index (χ3n) is 7.50. The Kier molecular flexibility index (Phi) is 7.21. The summed E-state index contributed by atoms with van der Waals surface area (Å²) in [6, 6.07) is 14.5. The summed E-state index contributed by atoms with van der Waals surface area (Å²) in [5, 5.41) is 0.628. The van der Waals surface area contributed by atoms with Crippen LogP contribution in [0.5, 0.6) is 5.75 Å². The van der Waals surface area contributed by atoms with E-state index in [0.29, 0.717) is 23.9 Å².